The van der Waals surface area contributed by atoms with E-state index in [2.05, 4.69) is 42.6 Å². The molecule has 1 N–H and O–H groups in total. The summed E-state index contributed by atoms with van der Waals surface area (Å²) in [5, 5.41) is 13.9. The average Bonchev–Trinajstić information content (AvgIpc) is 2.66. The first-order valence-electron chi connectivity index (χ1n) is 8.00. The van der Waals surface area contributed by atoms with Crippen LogP contribution in [0.15, 0.2) is 77.0 Å². The van der Waals surface area contributed by atoms with Gasteiger partial charge in [0.15, 0.2) is 0 Å². The summed E-state index contributed by atoms with van der Waals surface area (Å²) < 4.78 is 0. The van der Waals surface area contributed by atoms with Crippen LogP contribution in [-0.2, 0) is 0 Å². The zero-order chi connectivity index (χ0) is 18.6. The molecule has 0 saturated heterocycles. The van der Waals surface area contributed by atoms with E-state index in [0.29, 0.717) is 0 Å². The summed E-state index contributed by atoms with van der Waals surface area (Å²) in [7, 11) is 0. The lowest BCUT2D eigenvalue weighted by Gasteiger charge is -2.05. The molecule has 4 aromatic rings. The van der Waals surface area contributed by atoms with Crippen molar-refractivity contribution in [2.24, 2.45) is 10.2 Å². The molecule has 0 bridgehead atoms. The Morgan fingerprint density at radius 3 is 2.04 bits per heavy atom. The molecule has 0 saturated carbocycles. The van der Waals surface area contributed by atoms with Crippen LogP contribution in [0.4, 0.5) is 23.0 Å². The van der Waals surface area contributed by atoms with Gasteiger partial charge in [0.05, 0.1) is 11.4 Å². The Bertz CT molecular complexity index is 1110. The highest BCUT2D eigenvalue weighted by Crippen LogP contribution is 2.24. The van der Waals surface area contributed by atoms with E-state index in [1.165, 1.54) is 5.39 Å². The number of hydrogen-bond donors (Lipinski definition) is 1. The van der Waals surface area contributed by atoms with Gasteiger partial charge in [-0.05, 0) is 70.4 Å². The van der Waals surface area contributed by atoms with Crippen molar-refractivity contribution >= 4 is 57.0 Å². The van der Waals surface area contributed by atoms with Crippen LogP contribution in [0.2, 0.25) is 10.6 Å². The van der Waals surface area contributed by atoms with E-state index in [0.717, 1.165) is 22.4 Å². The first kappa shape index (κ1) is 17.3. The summed E-state index contributed by atoms with van der Waals surface area (Å²) in [6.45, 7) is 0. The van der Waals surface area contributed by atoms with E-state index in [9.17, 15) is 0 Å². The fraction of sp³-hybridized carbons (Fsp3) is 0. The Kier molecular flexibility index (Phi) is 4.91. The maximum atomic E-state index is 5.76. The number of halogens is 2. The monoisotopic (exact) mass is 394 g/mol. The van der Waals surface area contributed by atoms with Gasteiger partial charge in [-0.1, -0.05) is 30.3 Å². The molecule has 3 aromatic carbocycles. The molecule has 4 rings (SSSR count). The number of aromatic nitrogens is 3. The predicted octanol–water partition coefficient (Wildman–Crippen LogP) is 6.49. The van der Waals surface area contributed by atoms with E-state index >= 15 is 0 Å². The molecule has 0 spiro atoms. The van der Waals surface area contributed by atoms with Crippen molar-refractivity contribution < 1.29 is 0 Å². The largest absolute Gasteiger partial charge is 0.324 e. The third kappa shape index (κ3) is 4.36. The van der Waals surface area contributed by atoms with Crippen LogP contribution in [0.1, 0.15) is 0 Å². The van der Waals surface area contributed by atoms with Crippen molar-refractivity contribution in [1.29, 1.82) is 0 Å². The fourth-order valence-electron chi connectivity index (χ4n) is 2.48. The first-order chi connectivity index (χ1) is 13.2. The number of hydrogen-bond acceptors (Lipinski definition) is 6. The van der Waals surface area contributed by atoms with Gasteiger partial charge in [0.1, 0.15) is 0 Å². The SMILES string of the molecule is Clc1nc(Cl)nc(Nc2ccc(N=Nc3ccc4ccccc4c3)cc2)n1. The number of rotatable bonds is 4. The zero-order valence-corrected chi connectivity index (χ0v) is 15.4. The average molecular weight is 395 g/mol. The highest BCUT2D eigenvalue weighted by Gasteiger charge is 2.03. The van der Waals surface area contributed by atoms with Crippen LogP contribution in [0.25, 0.3) is 10.8 Å². The number of nitrogens with one attached hydrogen (secondary N) is 1. The summed E-state index contributed by atoms with van der Waals surface area (Å²) in [5.74, 6) is 0.269. The Morgan fingerprint density at radius 1 is 0.667 bits per heavy atom. The molecule has 0 radical (unpaired) electrons. The number of nitrogens with zero attached hydrogens (tertiary/aromatic N) is 5. The molecule has 6 nitrogen and oxygen atoms in total. The van der Waals surface area contributed by atoms with E-state index in [4.69, 9.17) is 23.2 Å². The van der Waals surface area contributed by atoms with Crippen LogP contribution in [0, 0.1) is 0 Å². The summed E-state index contributed by atoms with van der Waals surface area (Å²) in [6.07, 6.45) is 0. The summed E-state index contributed by atoms with van der Waals surface area (Å²) in [6, 6.07) is 21.4. The third-order valence-corrected chi connectivity index (χ3v) is 4.06. The molecule has 0 aliphatic heterocycles. The van der Waals surface area contributed by atoms with Gasteiger partial charge in [-0.2, -0.15) is 25.2 Å². The lowest BCUT2D eigenvalue weighted by molar-refractivity contribution is 1.05. The van der Waals surface area contributed by atoms with Crippen molar-refractivity contribution in [1.82, 2.24) is 15.0 Å². The van der Waals surface area contributed by atoms with Crippen molar-refractivity contribution in [3.8, 4) is 0 Å². The standard InChI is InChI=1S/C19H12Cl2N6/c20-17-23-18(21)25-19(24-17)22-14-7-9-15(10-8-14)26-27-16-6-5-12-3-1-2-4-13(12)11-16/h1-11H,(H,22,23,24,25). The first-order valence-corrected chi connectivity index (χ1v) is 8.76. The smallest absolute Gasteiger partial charge is 0.232 e. The lowest BCUT2D eigenvalue weighted by Crippen LogP contribution is -1.99. The van der Waals surface area contributed by atoms with Crippen LogP contribution < -0.4 is 5.32 Å². The van der Waals surface area contributed by atoms with Gasteiger partial charge in [0.2, 0.25) is 16.5 Å². The number of benzene rings is 3. The van der Waals surface area contributed by atoms with Gasteiger partial charge in [-0.3, -0.25) is 0 Å². The van der Waals surface area contributed by atoms with Crippen LogP contribution in [-0.4, -0.2) is 15.0 Å². The summed E-state index contributed by atoms with van der Waals surface area (Å²) in [5.41, 5.74) is 2.28. The quantitative estimate of drug-likeness (QED) is 0.401. The number of anilines is 2. The number of fused-ring (bicyclic) bond motifs is 1. The van der Waals surface area contributed by atoms with E-state index in [-0.39, 0.29) is 16.5 Å². The minimum absolute atomic E-state index is 0.0262. The van der Waals surface area contributed by atoms with Gasteiger partial charge in [0.25, 0.3) is 0 Å². The minimum atomic E-state index is 0.0262. The molecule has 0 aliphatic carbocycles. The molecule has 8 heteroatoms. The molecule has 1 heterocycles. The zero-order valence-electron chi connectivity index (χ0n) is 13.8. The van der Waals surface area contributed by atoms with Crippen LogP contribution in [0.3, 0.4) is 0 Å². The van der Waals surface area contributed by atoms with Gasteiger partial charge in [-0.25, -0.2) is 0 Å². The van der Waals surface area contributed by atoms with Crippen LogP contribution in [0.5, 0.6) is 0 Å². The van der Waals surface area contributed by atoms with Crippen molar-refractivity contribution in [3.63, 3.8) is 0 Å². The second-order valence-corrected chi connectivity index (χ2v) is 6.28. The molecule has 1 aromatic heterocycles. The van der Waals surface area contributed by atoms with Gasteiger partial charge >= 0.3 is 0 Å². The highest BCUT2D eigenvalue weighted by atomic mass is 35.5. The summed E-state index contributed by atoms with van der Waals surface area (Å²) in [4.78, 5) is 11.6. The van der Waals surface area contributed by atoms with E-state index in [1.807, 2.05) is 54.6 Å². The molecular formula is C19H12Cl2N6. The predicted molar refractivity (Wildman–Crippen MR) is 108 cm³/mol. The van der Waals surface area contributed by atoms with E-state index < -0.39 is 0 Å². The fourth-order valence-corrected chi connectivity index (χ4v) is 2.84. The maximum absolute atomic E-state index is 5.76. The Balaban J connectivity index is 1.48. The normalized spacial score (nSPS) is 11.2. The molecule has 132 valence electrons. The highest BCUT2D eigenvalue weighted by molar-refractivity contribution is 6.31. The molecule has 0 unspecified atom stereocenters. The van der Waals surface area contributed by atoms with Crippen molar-refractivity contribution in [2.45, 2.75) is 0 Å². The van der Waals surface area contributed by atoms with Gasteiger partial charge < -0.3 is 5.32 Å². The summed E-state index contributed by atoms with van der Waals surface area (Å²) >= 11 is 11.5. The Morgan fingerprint density at radius 2 is 1.30 bits per heavy atom. The molecule has 0 fully saturated rings. The van der Waals surface area contributed by atoms with Crippen LogP contribution >= 0.6 is 23.2 Å². The Labute approximate surface area is 164 Å². The molecule has 0 atom stereocenters. The second-order valence-electron chi connectivity index (χ2n) is 5.60. The molecule has 0 amide bonds. The minimum Gasteiger partial charge on any atom is -0.324 e. The molecule has 0 aliphatic rings. The van der Waals surface area contributed by atoms with Gasteiger partial charge in [0, 0.05) is 5.69 Å². The van der Waals surface area contributed by atoms with Crippen molar-refractivity contribution in [2.75, 3.05) is 5.32 Å². The van der Waals surface area contributed by atoms with Crippen molar-refractivity contribution in [3.05, 3.63) is 77.3 Å². The topological polar surface area (TPSA) is 75.4 Å². The van der Waals surface area contributed by atoms with E-state index in [1.54, 1.807) is 0 Å². The number of azo groups is 1. The Hall–Kier alpha value is -3.09. The lowest BCUT2D eigenvalue weighted by atomic mass is 10.1. The third-order valence-electron chi connectivity index (χ3n) is 3.72. The second kappa shape index (κ2) is 7.65. The molecular weight excluding hydrogens is 383 g/mol. The molecule has 27 heavy (non-hydrogen) atoms. The van der Waals surface area contributed by atoms with Gasteiger partial charge in [-0.15, -0.1) is 0 Å². The maximum Gasteiger partial charge on any atom is 0.232 e.